The molecule has 54 heavy (non-hydrogen) atoms. The fraction of sp³-hybridized carbons (Fsp3) is 0.0417. The van der Waals surface area contributed by atoms with Gasteiger partial charge in [0.2, 0.25) is 11.8 Å². The van der Waals surface area contributed by atoms with Crippen molar-refractivity contribution in [3.8, 4) is 67.7 Å². The molecule has 0 unspecified atom stereocenters. The van der Waals surface area contributed by atoms with E-state index < -0.39 is 0 Å². The van der Waals surface area contributed by atoms with Gasteiger partial charge in [0.1, 0.15) is 11.0 Å². The lowest BCUT2D eigenvalue weighted by molar-refractivity contribution is 0.619. The molecular formula is C48H32N4O2. The quantitative estimate of drug-likeness (QED) is 0.172. The predicted octanol–water partition coefficient (Wildman–Crippen LogP) is 12.5. The first-order valence-electron chi connectivity index (χ1n) is 18.0. The molecule has 10 rings (SSSR count). The SMILES string of the molecule is Cc1cccc2oc(-c3ccc(-c4ccc(-c5nc6ccccc6nc5-c5ccc(-c6ccc(-c7nc8c(C)cccc8o7)cc6)cc5)cc4)cc3)nc12. The Morgan fingerprint density at radius 3 is 1.00 bits per heavy atom. The lowest BCUT2D eigenvalue weighted by Crippen LogP contribution is -1.95. The van der Waals surface area contributed by atoms with Crippen molar-refractivity contribution in [2.45, 2.75) is 13.8 Å². The number of aromatic nitrogens is 4. The number of rotatable bonds is 6. The van der Waals surface area contributed by atoms with Gasteiger partial charge in [-0.1, -0.05) is 109 Å². The van der Waals surface area contributed by atoms with Crippen LogP contribution in [-0.4, -0.2) is 19.9 Å². The predicted molar refractivity (Wildman–Crippen MR) is 217 cm³/mol. The number of hydrogen-bond acceptors (Lipinski definition) is 6. The molecule has 6 nitrogen and oxygen atoms in total. The second kappa shape index (κ2) is 12.8. The number of oxazole rings is 2. The summed E-state index contributed by atoms with van der Waals surface area (Å²) in [6, 6.07) is 53.8. The van der Waals surface area contributed by atoms with Gasteiger partial charge in [0, 0.05) is 22.3 Å². The summed E-state index contributed by atoms with van der Waals surface area (Å²) in [6.45, 7) is 4.10. The van der Waals surface area contributed by atoms with E-state index in [9.17, 15) is 0 Å². The molecule has 0 amide bonds. The zero-order valence-electron chi connectivity index (χ0n) is 29.6. The second-order valence-electron chi connectivity index (χ2n) is 13.6. The summed E-state index contributed by atoms with van der Waals surface area (Å²) in [6.07, 6.45) is 0. The molecule has 0 radical (unpaired) electrons. The molecule has 0 atom stereocenters. The van der Waals surface area contributed by atoms with Gasteiger partial charge in [-0.15, -0.1) is 0 Å². The van der Waals surface area contributed by atoms with Crippen LogP contribution in [0.25, 0.3) is 101 Å². The molecule has 0 saturated carbocycles. The van der Waals surface area contributed by atoms with Crippen molar-refractivity contribution < 1.29 is 8.83 Å². The van der Waals surface area contributed by atoms with Crippen molar-refractivity contribution >= 4 is 33.2 Å². The minimum absolute atomic E-state index is 0.626. The summed E-state index contributed by atoms with van der Waals surface area (Å²) in [5.41, 5.74) is 17.3. The first kappa shape index (κ1) is 31.5. The zero-order valence-corrected chi connectivity index (χ0v) is 29.6. The number of hydrogen-bond donors (Lipinski definition) is 0. The zero-order chi connectivity index (χ0) is 36.2. The van der Waals surface area contributed by atoms with Gasteiger partial charge in [0.05, 0.1) is 22.4 Å². The maximum Gasteiger partial charge on any atom is 0.227 e. The van der Waals surface area contributed by atoms with Gasteiger partial charge in [0.15, 0.2) is 11.2 Å². The third kappa shape index (κ3) is 5.61. The highest BCUT2D eigenvalue weighted by Crippen LogP contribution is 2.35. The molecule has 10 aromatic rings. The molecule has 6 heteroatoms. The Morgan fingerprint density at radius 2 is 0.648 bits per heavy atom. The molecule has 0 spiro atoms. The fourth-order valence-electron chi connectivity index (χ4n) is 7.07. The Balaban J connectivity index is 0.935. The van der Waals surface area contributed by atoms with E-state index in [0.717, 1.165) is 100 Å². The van der Waals surface area contributed by atoms with Gasteiger partial charge in [-0.05, 0) is 95.8 Å². The largest absolute Gasteiger partial charge is 0.436 e. The van der Waals surface area contributed by atoms with E-state index in [4.69, 9.17) is 28.8 Å². The molecular weight excluding hydrogens is 665 g/mol. The Morgan fingerprint density at radius 1 is 0.315 bits per heavy atom. The Kier molecular flexibility index (Phi) is 7.47. The maximum absolute atomic E-state index is 6.05. The minimum atomic E-state index is 0.626. The van der Waals surface area contributed by atoms with Crippen molar-refractivity contribution in [1.82, 2.24) is 19.9 Å². The second-order valence-corrected chi connectivity index (χ2v) is 13.6. The number of fused-ring (bicyclic) bond motifs is 3. The lowest BCUT2D eigenvalue weighted by Gasteiger charge is -2.12. The van der Waals surface area contributed by atoms with Crippen molar-refractivity contribution in [2.75, 3.05) is 0 Å². The highest BCUT2D eigenvalue weighted by atomic mass is 16.4. The molecule has 3 aromatic heterocycles. The van der Waals surface area contributed by atoms with Crippen LogP contribution in [0.15, 0.2) is 167 Å². The van der Waals surface area contributed by atoms with Crippen LogP contribution in [0, 0.1) is 13.8 Å². The molecule has 0 aliphatic rings. The fourth-order valence-corrected chi connectivity index (χ4v) is 7.07. The van der Waals surface area contributed by atoms with Crippen LogP contribution in [0.4, 0.5) is 0 Å². The summed E-state index contributed by atoms with van der Waals surface area (Å²) in [5.74, 6) is 1.25. The van der Waals surface area contributed by atoms with E-state index in [-0.39, 0.29) is 0 Å². The normalized spacial score (nSPS) is 11.5. The number of benzene rings is 7. The van der Waals surface area contributed by atoms with Crippen molar-refractivity contribution in [2.24, 2.45) is 0 Å². The van der Waals surface area contributed by atoms with Crippen LogP contribution in [0.1, 0.15) is 11.1 Å². The van der Waals surface area contributed by atoms with Gasteiger partial charge in [-0.2, -0.15) is 0 Å². The van der Waals surface area contributed by atoms with Crippen molar-refractivity contribution in [3.63, 3.8) is 0 Å². The van der Waals surface area contributed by atoms with Gasteiger partial charge in [0.25, 0.3) is 0 Å². The van der Waals surface area contributed by atoms with Crippen LogP contribution in [0.3, 0.4) is 0 Å². The first-order valence-corrected chi connectivity index (χ1v) is 18.0. The molecule has 0 bridgehead atoms. The van der Waals surface area contributed by atoms with E-state index >= 15 is 0 Å². The van der Waals surface area contributed by atoms with E-state index in [2.05, 4.69) is 97.1 Å². The van der Waals surface area contributed by atoms with E-state index in [0.29, 0.717) is 11.8 Å². The highest BCUT2D eigenvalue weighted by Gasteiger charge is 2.16. The number of para-hydroxylation sites is 4. The van der Waals surface area contributed by atoms with E-state index in [1.807, 2.05) is 74.5 Å². The average Bonchev–Trinajstić information content (AvgIpc) is 3.88. The molecule has 0 aliphatic carbocycles. The molecule has 0 saturated heterocycles. The summed E-state index contributed by atoms with van der Waals surface area (Å²) < 4.78 is 12.1. The number of nitrogens with zero attached hydrogens (tertiary/aromatic N) is 4. The van der Waals surface area contributed by atoms with E-state index in [1.54, 1.807) is 0 Å². The van der Waals surface area contributed by atoms with Crippen molar-refractivity contribution in [3.05, 3.63) is 169 Å². The van der Waals surface area contributed by atoms with Gasteiger partial charge in [-0.25, -0.2) is 19.9 Å². The summed E-state index contributed by atoms with van der Waals surface area (Å²) >= 11 is 0. The molecule has 7 aromatic carbocycles. The molecule has 0 fully saturated rings. The van der Waals surface area contributed by atoms with Gasteiger partial charge < -0.3 is 8.83 Å². The third-order valence-electron chi connectivity index (χ3n) is 10.1. The first-order chi connectivity index (χ1) is 26.5. The summed E-state index contributed by atoms with van der Waals surface area (Å²) in [5, 5.41) is 0. The Bertz CT molecular complexity index is 2770. The minimum Gasteiger partial charge on any atom is -0.436 e. The third-order valence-corrected chi connectivity index (χ3v) is 10.1. The monoisotopic (exact) mass is 696 g/mol. The average molecular weight is 697 g/mol. The van der Waals surface area contributed by atoms with Crippen LogP contribution in [0.5, 0.6) is 0 Å². The Hall–Kier alpha value is -7.18. The van der Waals surface area contributed by atoms with Crippen LogP contribution >= 0.6 is 0 Å². The van der Waals surface area contributed by atoms with Gasteiger partial charge in [-0.3, -0.25) is 0 Å². The molecule has 256 valence electrons. The topological polar surface area (TPSA) is 77.8 Å². The molecule has 0 N–H and O–H groups in total. The van der Waals surface area contributed by atoms with Crippen LogP contribution < -0.4 is 0 Å². The lowest BCUT2D eigenvalue weighted by atomic mass is 9.97. The molecule has 0 aliphatic heterocycles. The van der Waals surface area contributed by atoms with Gasteiger partial charge >= 0.3 is 0 Å². The number of aryl methyl sites for hydroxylation is 2. The summed E-state index contributed by atoms with van der Waals surface area (Å²) in [4.78, 5) is 19.8. The van der Waals surface area contributed by atoms with Crippen LogP contribution in [-0.2, 0) is 0 Å². The Labute approximate surface area is 311 Å². The summed E-state index contributed by atoms with van der Waals surface area (Å²) in [7, 11) is 0. The smallest absolute Gasteiger partial charge is 0.227 e. The van der Waals surface area contributed by atoms with Crippen molar-refractivity contribution in [1.29, 1.82) is 0 Å². The highest BCUT2D eigenvalue weighted by molar-refractivity contribution is 5.88. The standard InChI is InChI=1S/C48H32N4O2/c1-29-7-5-11-41-43(29)51-47(53-41)37-25-17-33(18-26-37)31-13-21-35(22-14-31)45-46(50-40-10-4-3-9-39(40)49-45)36-23-15-32(16-24-36)34-19-27-38(28-20-34)48-52-44-30(2)8-6-12-42(44)54-48/h3-28H,1-2H3. The van der Waals surface area contributed by atoms with E-state index in [1.165, 1.54) is 0 Å². The maximum atomic E-state index is 6.05. The van der Waals surface area contributed by atoms with Crippen LogP contribution in [0.2, 0.25) is 0 Å². The molecule has 3 heterocycles.